The van der Waals surface area contributed by atoms with Gasteiger partial charge in [-0.3, -0.25) is 9.69 Å². The number of hydrogen-bond acceptors (Lipinski definition) is 5. The molecule has 0 bridgehead atoms. The van der Waals surface area contributed by atoms with Crippen molar-refractivity contribution < 1.29 is 19.4 Å². The Kier molecular flexibility index (Phi) is 9.51. The fourth-order valence-corrected chi connectivity index (χ4v) is 5.64. The number of rotatable bonds is 9. The van der Waals surface area contributed by atoms with Crippen LogP contribution in [0.5, 0.6) is 5.75 Å². The Morgan fingerprint density at radius 1 is 1.13 bits per heavy atom. The number of carboxylic acid groups (broad SMARTS) is 1. The molecular weight excluding hydrogens is 539 g/mol. The van der Waals surface area contributed by atoms with Crippen LogP contribution in [-0.4, -0.2) is 78.3 Å². The minimum atomic E-state index is -0.984. The first-order chi connectivity index (χ1) is 18.5. The molecule has 2 aromatic carbocycles. The number of benzene rings is 2. The van der Waals surface area contributed by atoms with Gasteiger partial charge >= 0.3 is 6.09 Å². The number of amides is 2. The number of hydrogen-bond donors (Lipinski definition) is 2. The average Bonchev–Trinajstić information content (AvgIpc) is 2.88. The number of halogens is 2. The number of nitrogens with zero attached hydrogens (tertiary/aromatic N) is 3. The number of fused-ring (bicyclic) bond motifs is 1. The predicted octanol–water partition coefficient (Wildman–Crippen LogP) is 6.18. The Morgan fingerprint density at radius 3 is 2.56 bits per heavy atom. The van der Waals surface area contributed by atoms with E-state index in [2.05, 4.69) is 15.1 Å². The van der Waals surface area contributed by atoms with Gasteiger partial charge in [-0.2, -0.15) is 0 Å². The quantitative estimate of drug-likeness (QED) is 0.347. The first kappa shape index (κ1) is 29.3. The Balaban J connectivity index is 1.23. The van der Waals surface area contributed by atoms with Crippen LogP contribution >= 0.6 is 23.2 Å². The normalized spacial score (nSPS) is 17.9. The fourth-order valence-electron chi connectivity index (χ4n) is 5.22. The highest BCUT2D eigenvalue weighted by molar-refractivity contribution is 6.43. The highest BCUT2D eigenvalue weighted by Gasteiger charge is 2.33. The van der Waals surface area contributed by atoms with E-state index in [1.807, 2.05) is 57.2 Å². The van der Waals surface area contributed by atoms with Crippen molar-refractivity contribution in [3.8, 4) is 5.75 Å². The number of carbonyl (C=O) groups is 2. The van der Waals surface area contributed by atoms with Crippen LogP contribution in [0.15, 0.2) is 36.4 Å². The van der Waals surface area contributed by atoms with Gasteiger partial charge in [0.1, 0.15) is 5.75 Å². The van der Waals surface area contributed by atoms with Crippen molar-refractivity contribution in [3.63, 3.8) is 0 Å². The molecule has 0 saturated carbocycles. The average molecular weight is 578 g/mol. The summed E-state index contributed by atoms with van der Waals surface area (Å²) in [4.78, 5) is 30.4. The number of nitrogens with one attached hydrogen (secondary N) is 1. The van der Waals surface area contributed by atoms with Gasteiger partial charge in [0, 0.05) is 62.4 Å². The second-order valence-electron chi connectivity index (χ2n) is 11.2. The molecule has 0 radical (unpaired) electrons. The van der Waals surface area contributed by atoms with Crippen molar-refractivity contribution in [3.05, 3.63) is 52.0 Å². The number of unbranched alkanes of at least 4 members (excludes halogenated alkanes) is 1. The maximum Gasteiger partial charge on any atom is 0.407 e. The lowest BCUT2D eigenvalue weighted by molar-refractivity contribution is -0.117. The second-order valence-corrected chi connectivity index (χ2v) is 12.0. The van der Waals surface area contributed by atoms with Crippen LogP contribution in [0.4, 0.5) is 16.2 Å². The number of anilines is 2. The number of carbonyl (C=O) groups excluding carboxylic acids is 1. The summed E-state index contributed by atoms with van der Waals surface area (Å²) in [6, 6.07) is 11.5. The summed E-state index contributed by atoms with van der Waals surface area (Å²) in [6.45, 7) is 11.2. The molecule has 2 aromatic rings. The molecule has 0 spiro atoms. The summed E-state index contributed by atoms with van der Waals surface area (Å²) >= 11 is 12.6. The van der Waals surface area contributed by atoms with Crippen LogP contribution in [0.2, 0.25) is 10.0 Å². The van der Waals surface area contributed by atoms with E-state index in [1.165, 1.54) is 4.90 Å². The summed E-state index contributed by atoms with van der Waals surface area (Å²) in [5.74, 6) is 0.391. The minimum absolute atomic E-state index is 0.110. The Hall–Kier alpha value is -2.68. The second kappa shape index (κ2) is 12.7. The van der Waals surface area contributed by atoms with E-state index in [-0.39, 0.29) is 24.8 Å². The third-order valence-corrected chi connectivity index (χ3v) is 8.20. The molecule has 2 aliphatic heterocycles. The van der Waals surface area contributed by atoms with Crippen molar-refractivity contribution in [2.45, 2.75) is 51.5 Å². The summed E-state index contributed by atoms with van der Waals surface area (Å²) in [5, 5.41) is 13.8. The summed E-state index contributed by atoms with van der Waals surface area (Å²) < 4.78 is 6.00. The molecule has 2 heterocycles. The Labute approximate surface area is 240 Å². The van der Waals surface area contributed by atoms with E-state index >= 15 is 0 Å². The molecule has 2 aliphatic rings. The van der Waals surface area contributed by atoms with Gasteiger partial charge in [-0.15, -0.1) is 0 Å². The Morgan fingerprint density at radius 2 is 1.87 bits per heavy atom. The molecule has 212 valence electrons. The van der Waals surface area contributed by atoms with Crippen LogP contribution < -0.4 is 15.0 Å². The smallest absolute Gasteiger partial charge is 0.407 e. The van der Waals surface area contributed by atoms with Gasteiger partial charge in [0.25, 0.3) is 0 Å². The van der Waals surface area contributed by atoms with Crippen LogP contribution in [0.1, 0.15) is 51.5 Å². The standard InChI is InChI=1S/C29H38Cl2N4O4/c1-29(2,3)35(28(37)38)19-20-17-26(36)32-24-18-21(9-10-22(20)24)39-16-5-4-11-33-12-14-34(15-13-33)25-8-6-7-23(30)27(25)31/h6-10,18,20H,4-5,11-17,19H2,1-3H3,(H,32,36)(H,37,38). The monoisotopic (exact) mass is 576 g/mol. The first-order valence-corrected chi connectivity index (χ1v) is 14.3. The van der Waals surface area contributed by atoms with E-state index < -0.39 is 11.6 Å². The molecule has 1 atom stereocenters. The van der Waals surface area contributed by atoms with Crippen LogP contribution in [0, 0.1) is 0 Å². The van der Waals surface area contributed by atoms with Crippen molar-refractivity contribution in [1.29, 1.82) is 0 Å². The van der Waals surface area contributed by atoms with Gasteiger partial charge in [0.15, 0.2) is 0 Å². The zero-order valence-electron chi connectivity index (χ0n) is 22.9. The molecule has 1 saturated heterocycles. The Bertz CT molecular complexity index is 1180. The topological polar surface area (TPSA) is 85.4 Å². The van der Waals surface area contributed by atoms with E-state index in [0.717, 1.165) is 56.8 Å². The predicted molar refractivity (Wildman–Crippen MR) is 157 cm³/mol. The van der Waals surface area contributed by atoms with E-state index in [4.69, 9.17) is 27.9 Å². The highest BCUT2D eigenvalue weighted by Crippen LogP contribution is 2.36. The zero-order chi connectivity index (χ0) is 28.2. The van der Waals surface area contributed by atoms with Gasteiger partial charge in [0.2, 0.25) is 5.91 Å². The van der Waals surface area contributed by atoms with Gasteiger partial charge in [-0.05, 0) is 63.9 Å². The van der Waals surface area contributed by atoms with Crippen LogP contribution in [0.25, 0.3) is 0 Å². The van der Waals surface area contributed by atoms with Crippen molar-refractivity contribution in [2.75, 3.05) is 56.1 Å². The molecule has 1 fully saturated rings. The lowest BCUT2D eigenvalue weighted by Crippen LogP contribution is -2.47. The van der Waals surface area contributed by atoms with Crippen molar-refractivity contribution >= 4 is 46.6 Å². The molecule has 1 unspecified atom stereocenters. The molecular formula is C29H38Cl2N4O4. The SMILES string of the molecule is CC(C)(C)N(CC1CC(=O)Nc2cc(OCCCCN3CCN(c4cccc(Cl)c4Cl)CC3)ccc21)C(=O)O. The van der Waals surface area contributed by atoms with Crippen molar-refractivity contribution in [1.82, 2.24) is 9.80 Å². The largest absolute Gasteiger partial charge is 0.494 e. The first-order valence-electron chi connectivity index (χ1n) is 13.5. The summed E-state index contributed by atoms with van der Waals surface area (Å²) in [7, 11) is 0. The van der Waals surface area contributed by atoms with Crippen LogP contribution in [0.3, 0.4) is 0 Å². The molecule has 10 heteroatoms. The number of piperazine rings is 1. The third kappa shape index (κ3) is 7.50. The summed E-state index contributed by atoms with van der Waals surface area (Å²) in [5.41, 5.74) is 2.08. The highest BCUT2D eigenvalue weighted by atomic mass is 35.5. The number of ether oxygens (including phenoxy) is 1. The minimum Gasteiger partial charge on any atom is -0.494 e. The van der Waals surface area contributed by atoms with Gasteiger partial charge in [0.05, 0.1) is 22.3 Å². The lowest BCUT2D eigenvalue weighted by atomic mass is 9.89. The van der Waals surface area contributed by atoms with E-state index in [9.17, 15) is 14.7 Å². The van der Waals surface area contributed by atoms with E-state index in [0.29, 0.717) is 28.1 Å². The summed E-state index contributed by atoms with van der Waals surface area (Å²) in [6.07, 6.45) is 1.22. The van der Waals surface area contributed by atoms with Gasteiger partial charge in [-0.25, -0.2) is 4.79 Å². The van der Waals surface area contributed by atoms with E-state index in [1.54, 1.807) is 0 Å². The molecule has 0 aliphatic carbocycles. The fraction of sp³-hybridized carbons (Fsp3) is 0.517. The molecule has 2 amide bonds. The van der Waals surface area contributed by atoms with Gasteiger partial charge < -0.3 is 25.0 Å². The lowest BCUT2D eigenvalue weighted by Gasteiger charge is -2.37. The molecule has 2 N–H and O–H groups in total. The van der Waals surface area contributed by atoms with Crippen LogP contribution in [-0.2, 0) is 4.79 Å². The van der Waals surface area contributed by atoms with Crippen molar-refractivity contribution in [2.24, 2.45) is 0 Å². The molecule has 4 rings (SSSR count). The molecule has 8 nitrogen and oxygen atoms in total. The zero-order valence-corrected chi connectivity index (χ0v) is 24.4. The molecule has 39 heavy (non-hydrogen) atoms. The molecule has 0 aromatic heterocycles. The third-order valence-electron chi connectivity index (χ3n) is 7.40. The maximum atomic E-state index is 12.4. The maximum absolute atomic E-state index is 12.4. The van der Waals surface area contributed by atoms with Gasteiger partial charge in [-0.1, -0.05) is 35.3 Å².